The number of ether oxygens (including phenoxy) is 2. The molecule has 9 heteroatoms. The number of carbonyl (C=O) groups is 1. The molecule has 0 aliphatic heterocycles. The maximum absolute atomic E-state index is 12.5. The van der Waals surface area contributed by atoms with Crippen molar-refractivity contribution in [3.63, 3.8) is 0 Å². The van der Waals surface area contributed by atoms with E-state index in [0.717, 1.165) is 25.7 Å². The first kappa shape index (κ1) is 18.4. The first-order chi connectivity index (χ1) is 12.4. The summed E-state index contributed by atoms with van der Waals surface area (Å²) in [4.78, 5) is 15.6. The molecule has 0 amide bonds. The number of methoxy groups -OCH3 is 1. The van der Waals surface area contributed by atoms with Gasteiger partial charge in [-0.25, -0.2) is 4.79 Å². The Kier molecular flexibility index (Phi) is 5.26. The van der Waals surface area contributed by atoms with Crippen LogP contribution in [0.15, 0.2) is 28.8 Å². The number of carbonyl (C=O) groups excluding carboxylic acids is 1. The van der Waals surface area contributed by atoms with Gasteiger partial charge in [-0.2, -0.15) is 18.2 Å². The SMILES string of the molecule is CO[C@H]1CCCC[C@H]1OC(=O)c1ccc(-c2noc(C(F)(F)F)n2)cc1. The van der Waals surface area contributed by atoms with E-state index >= 15 is 0 Å². The molecule has 0 spiro atoms. The Hall–Kier alpha value is -2.42. The van der Waals surface area contributed by atoms with Gasteiger partial charge in [0.05, 0.1) is 11.7 Å². The van der Waals surface area contributed by atoms with Crippen molar-refractivity contribution in [2.75, 3.05) is 7.11 Å². The molecule has 0 unspecified atom stereocenters. The van der Waals surface area contributed by atoms with Crippen molar-refractivity contribution < 1.29 is 32.0 Å². The van der Waals surface area contributed by atoms with Crippen LogP contribution >= 0.6 is 0 Å². The fraction of sp³-hybridized carbons (Fsp3) is 0.471. The number of benzene rings is 1. The number of hydrogen-bond donors (Lipinski definition) is 0. The van der Waals surface area contributed by atoms with Gasteiger partial charge < -0.3 is 14.0 Å². The van der Waals surface area contributed by atoms with E-state index in [1.165, 1.54) is 24.3 Å². The molecule has 1 aromatic carbocycles. The lowest BCUT2D eigenvalue weighted by molar-refractivity contribution is -0.159. The molecule has 0 radical (unpaired) electrons. The molecule has 2 aromatic rings. The molecule has 26 heavy (non-hydrogen) atoms. The van der Waals surface area contributed by atoms with Gasteiger partial charge in [0.25, 0.3) is 0 Å². The van der Waals surface area contributed by atoms with Gasteiger partial charge in [-0.05, 0) is 31.4 Å². The summed E-state index contributed by atoms with van der Waals surface area (Å²) in [5.41, 5.74) is 0.585. The van der Waals surface area contributed by atoms with Gasteiger partial charge in [0, 0.05) is 12.7 Å². The zero-order chi connectivity index (χ0) is 18.7. The van der Waals surface area contributed by atoms with E-state index < -0.39 is 18.0 Å². The van der Waals surface area contributed by atoms with Crippen molar-refractivity contribution in [3.05, 3.63) is 35.7 Å². The Balaban J connectivity index is 1.69. The highest BCUT2D eigenvalue weighted by Crippen LogP contribution is 2.29. The predicted octanol–water partition coefficient (Wildman–Crippen LogP) is 3.87. The maximum atomic E-state index is 12.5. The number of halogens is 3. The molecule has 1 aliphatic carbocycles. The van der Waals surface area contributed by atoms with E-state index in [4.69, 9.17) is 9.47 Å². The lowest BCUT2D eigenvalue weighted by Crippen LogP contribution is -2.35. The van der Waals surface area contributed by atoms with Crippen molar-refractivity contribution in [1.82, 2.24) is 10.1 Å². The molecule has 1 aromatic heterocycles. The molecule has 2 atom stereocenters. The van der Waals surface area contributed by atoms with Gasteiger partial charge >= 0.3 is 18.0 Å². The van der Waals surface area contributed by atoms with Crippen molar-refractivity contribution in [1.29, 1.82) is 0 Å². The minimum absolute atomic E-state index is 0.118. The minimum Gasteiger partial charge on any atom is -0.456 e. The van der Waals surface area contributed by atoms with E-state index in [0.29, 0.717) is 5.56 Å². The van der Waals surface area contributed by atoms with Gasteiger partial charge in [-0.3, -0.25) is 0 Å². The van der Waals surface area contributed by atoms with E-state index in [9.17, 15) is 18.0 Å². The number of nitrogens with zero attached hydrogens (tertiary/aromatic N) is 2. The van der Waals surface area contributed by atoms with Crippen LogP contribution in [-0.4, -0.2) is 35.4 Å². The molecule has 1 aliphatic rings. The van der Waals surface area contributed by atoms with Gasteiger partial charge in [-0.15, -0.1) is 0 Å². The number of aromatic nitrogens is 2. The number of rotatable bonds is 4. The molecule has 140 valence electrons. The van der Waals surface area contributed by atoms with Crippen LogP contribution in [0.5, 0.6) is 0 Å². The molecule has 0 bridgehead atoms. The highest BCUT2D eigenvalue weighted by atomic mass is 19.4. The van der Waals surface area contributed by atoms with Gasteiger partial charge in [-0.1, -0.05) is 23.7 Å². The predicted molar refractivity (Wildman–Crippen MR) is 83.2 cm³/mol. The summed E-state index contributed by atoms with van der Waals surface area (Å²) in [6.45, 7) is 0. The van der Waals surface area contributed by atoms with Gasteiger partial charge in [0.15, 0.2) is 0 Å². The van der Waals surface area contributed by atoms with Crippen LogP contribution < -0.4 is 0 Å². The van der Waals surface area contributed by atoms with Crippen LogP contribution in [0, 0.1) is 0 Å². The quantitative estimate of drug-likeness (QED) is 0.761. The molecule has 3 rings (SSSR count). The second-order valence-electron chi connectivity index (χ2n) is 6.00. The smallest absolute Gasteiger partial charge is 0.456 e. The molecule has 0 saturated heterocycles. The third-order valence-electron chi connectivity index (χ3n) is 4.25. The lowest BCUT2D eigenvalue weighted by Gasteiger charge is -2.29. The monoisotopic (exact) mass is 370 g/mol. The third kappa shape index (κ3) is 4.04. The molecule has 0 N–H and O–H groups in total. The highest BCUT2D eigenvalue weighted by Gasteiger charge is 2.38. The lowest BCUT2D eigenvalue weighted by atomic mass is 9.94. The Morgan fingerprint density at radius 1 is 1.15 bits per heavy atom. The fourth-order valence-corrected chi connectivity index (χ4v) is 2.88. The largest absolute Gasteiger partial charge is 0.471 e. The third-order valence-corrected chi connectivity index (χ3v) is 4.25. The number of hydrogen-bond acceptors (Lipinski definition) is 6. The molecular formula is C17H17F3N2O4. The van der Waals surface area contributed by atoms with Crippen LogP contribution in [0.4, 0.5) is 13.2 Å². The molecule has 1 heterocycles. The second-order valence-corrected chi connectivity index (χ2v) is 6.00. The summed E-state index contributed by atoms with van der Waals surface area (Å²) < 4.78 is 52.6. The van der Waals surface area contributed by atoms with Crippen LogP contribution in [0.2, 0.25) is 0 Å². The molecule has 6 nitrogen and oxygen atoms in total. The molecule has 1 saturated carbocycles. The number of esters is 1. The summed E-state index contributed by atoms with van der Waals surface area (Å²) >= 11 is 0. The first-order valence-corrected chi connectivity index (χ1v) is 8.13. The zero-order valence-corrected chi connectivity index (χ0v) is 14.0. The van der Waals surface area contributed by atoms with E-state index in [-0.39, 0.29) is 23.6 Å². The average molecular weight is 370 g/mol. The van der Waals surface area contributed by atoms with Gasteiger partial charge in [0.1, 0.15) is 6.10 Å². The minimum atomic E-state index is -4.70. The fourth-order valence-electron chi connectivity index (χ4n) is 2.88. The van der Waals surface area contributed by atoms with Crippen LogP contribution in [0.25, 0.3) is 11.4 Å². The summed E-state index contributed by atoms with van der Waals surface area (Å²) in [5, 5.41) is 3.30. The Morgan fingerprint density at radius 2 is 1.81 bits per heavy atom. The summed E-state index contributed by atoms with van der Waals surface area (Å²) in [6, 6.07) is 5.78. The van der Waals surface area contributed by atoms with Crippen LogP contribution in [-0.2, 0) is 15.7 Å². The topological polar surface area (TPSA) is 74.5 Å². The van der Waals surface area contributed by atoms with E-state index in [1.54, 1.807) is 7.11 Å². The van der Waals surface area contributed by atoms with Gasteiger partial charge in [0.2, 0.25) is 5.82 Å². The average Bonchev–Trinajstić information content (AvgIpc) is 3.13. The van der Waals surface area contributed by atoms with Crippen molar-refractivity contribution in [2.24, 2.45) is 0 Å². The molecular weight excluding hydrogens is 353 g/mol. The van der Waals surface area contributed by atoms with Crippen molar-refractivity contribution in [3.8, 4) is 11.4 Å². The Bertz CT molecular complexity index is 758. The zero-order valence-electron chi connectivity index (χ0n) is 14.0. The standard InChI is InChI=1S/C17H17F3N2O4/c1-24-12-4-2-3-5-13(12)25-15(23)11-8-6-10(7-9-11)14-21-16(26-22-14)17(18,19)20/h6-9,12-13H,2-5H2,1H3/t12-,13+/m0/s1. The first-order valence-electron chi connectivity index (χ1n) is 8.13. The van der Waals surface area contributed by atoms with Crippen molar-refractivity contribution in [2.45, 2.75) is 44.1 Å². The normalized spacial score (nSPS) is 20.8. The number of alkyl halides is 3. The summed E-state index contributed by atoms with van der Waals surface area (Å²) in [5.74, 6) is -2.13. The van der Waals surface area contributed by atoms with E-state index in [1.807, 2.05) is 0 Å². The summed E-state index contributed by atoms with van der Waals surface area (Å²) in [7, 11) is 1.59. The maximum Gasteiger partial charge on any atom is 0.471 e. The molecule has 1 fully saturated rings. The van der Waals surface area contributed by atoms with Crippen molar-refractivity contribution >= 4 is 5.97 Å². The van der Waals surface area contributed by atoms with Crippen LogP contribution in [0.3, 0.4) is 0 Å². The summed E-state index contributed by atoms with van der Waals surface area (Å²) in [6.07, 6.45) is -1.54. The second kappa shape index (κ2) is 7.45. The Morgan fingerprint density at radius 3 is 2.38 bits per heavy atom. The van der Waals surface area contributed by atoms with E-state index in [2.05, 4.69) is 14.7 Å². The Labute approximate surface area is 147 Å². The van der Waals surface area contributed by atoms with Crippen LogP contribution in [0.1, 0.15) is 41.9 Å². The highest BCUT2D eigenvalue weighted by molar-refractivity contribution is 5.90.